The second-order valence-electron chi connectivity index (χ2n) is 8.38. The monoisotopic (exact) mass is 493 g/mol. The van der Waals surface area contributed by atoms with E-state index in [1.54, 1.807) is 0 Å². The third-order valence-corrected chi connectivity index (χ3v) is 8.25. The lowest BCUT2D eigenvalue weighted by molar-refractivity contribution is 0.0730. The highest BCUT2D eigenvalue weighted by Gasteiger charge is 2.28. The standard InChI is InChI=1S/C26H27N3O5S/c1-33-25-11-10-20(35(31,32)28-14-16-34-17-15-28)18-21(25)26(30)27-22-7-3-5-9-24(22)29-13-12-19-6-2-4-8-23(19)29/h2-11,18H,12-17H2,1H3,(H,27,30). The number of anilines is 3. The molecule has 1 amide bonds. The van der Waals surface area contributed by atoms with Crippen molar-refractivity contribution in [3.8, 4) is 5.75 Å². The van der Waals surface area contributed by atoms with Crippen LogP contribution in [0.25, 0.3) is 0 Å². The van der Waals surface area contributed by atoms with E-state index in [0.717, 1.165) is 24.3 Å². The van der Waals surface area contributed by atoms with Crippen molar-refractivity contribution in [3.05, 3.63) is 77.9 Å². The number of methoxy groups -OCH3 is 1. The second-order valence-corrected chi connectivity index (χ2v) is 10.3. The first-order valence-electron chi connectivity index (χ1n) is 11.5. The molecule has 0 radical (unpaired) electrons. The normalized spacial score (nSPS) is 16.1. The zero-order chi connectivity index (χ0) is 24.4. The molecule has 2 aliphatic heterocycles. The van der Waals surface area contributed by atoms with E-state index >= 15 is 0 Å². The number of ether oxygens (including phenoxy) is 2. The van der Waals surface area contributed by atoms with Crippen molar-refractivity contribution in [2.24, 2.45) is 0 Å². The van der Waals surface area contributed by atoms with E-state index in [0.29, 0.717) is 24.7 Å². The maximum absolute atomic E-state index is 13.4. The largest absolute Gasteiger partial charge is 0.496 e. The number of amides is 1. The van der Waals surface area contributed by atoms with E-state index in [1.165, 1.54) is 35.2 Å². The highest BCUT2D eigenvalue weighted by Crippen LogP contribution is 2.38. The molecule has 0 unspecified atom stereocenters. The Labute approximate surface area is 205 Å². The Morgan fingerprint density at radius 3 is 2.43 bits per heavy atom. The summed E-state index contributed by atoms with van der Waals surface area (Å²) in [6, 6.07) is 20.2. The molecule has 8 nitrogen and oxygen atoms in total. The van der Waals surface area contributed by atoms with Crippen LogP contribution in [-0.2, 0) is 21.2 Å². The van der Waals surface area contributed by atoms with E-state index < -0.39 is 15.9 Å². The molecular weight excluding hydrogens is 466 g/mol. The summed E-state index contributed by atoms with van der Waals surface area (Å²) >= 11 is 0. The third kappa shape index (κ3) is 4.50. The van der Waals surface area contributed by atoms with Crippen LogP contribution in [-0.4, -0.2) is 58.6 Å². The summed E-state index contributed by atoms with van der Waals surface area (Å²) in [6.45, 7) is 2.06. The van der Waals surface area contributed by atoms with Crippen molar-refractivity contribution in [2.75, 3.05) is 50.2 Å². The van der Waals surface area contributed by atoms with Crippen LogP contribution in [0, 0.1) is 0 Å². The Hall–Kier alpha value is -3.40. The Morgan fingerprint density at radius 2 is 1.66 bits per heavy atom. The Kier molecular flexibility index (Phi) is 6.46. The first-order chi connectivity index (χ1) is 17.0. The molecule has 0 atom stereocenters. The van der Waals surface area contributed by atoms with Gasteiger partial charge >= 0.3 is 0 Å². The molecule has 1 fully saturated rings. The quantitative estimate of drug-likeness (QED) is 0.564. The molecule has 1 saturated heterocycles. The Bertz CT molecular complexity index is 1350. The minimum Gasteiger partial charge on any atom is -0.496 e. The average Bonchev–Trinajstić information content (AvgIpc) is 3.33. The number of nitrogens with one attached hydrogen (secondary N) is 1. The number of carbonyl (C=O) groups excluding carboxylic acids is 1. The molecule has 2 aliphatic rings. The summed E-state index contributed by atoms with van der Waals surface area (Å²) in [5.74, 6) is -0.145. The highest BCUT2D eigenvalue weighted by atomic mass is 32.2. The fourth-order valence-corrected chi connectivity index (χ4v) is 5.99. The number of benzene rings is 3. The number of fused-ring (bicyclic) bond motifs is 1. The molecule has 1 N–H and O–H groups in total. The van der Waals surface area contributed by atoms with E-state index in [9.17, 15) is 13.2 Å². The van der Waals surface area contributed by atoms with Gasteiger partial charge < -0.3 is 19.7 Å². The van der Waals surface area contributed by atoms with Crippen LogP contribution in [0.3, 0.4) is 0 Å². The first kappa shape index (κ1) is 23.3. The number of carbonyl (C=O) groups is 1. The Balaban J connectivity index is 1.46. The van der Waals surface area contributed by atoms with Crippen molar-refractivity contribution in [1.82, 2.24) is 4.31 Å². The van der Waals surface area contributed by atoms with Crippen LogP contribution in [0.15, 0.2) is 71.6 Å². The van der Waals surface area contributed by atoms with Gasteiger partial charge in [-0.15, -0.1) is 0 Å². The maximum Gasteiger partial charge on any atom is 0.259 e. The molecule has 0 spiro atoms. The van der Waals surface area contributed by atoms with Gasteiger partial charge in [-0.25, -0.2) is 8.42 Å². The molecule has 0 aromatic heterocycles. The predicted octanol–water partition coefficient (Wildman–Crippen LogP) is 3.66. The molecule has 9 heteroatoms. The van der Waals surface area contributed by atoms with Gasteiger partial charge in [0.05, 0.1) is 42.2 Å². The van der Waals surface area contributed by atoms with Crippen LogP contribution >= 0.6 is 0 Å². The third-order valence-electron chi connectivity index (χ3n) is 6.35. The van der Waals surface area contributed by atoms with E-state index in [4.69, 9.17) is 9.47 Å². The highest BCUT2D eigenvalue weighted by molar-refractivity contribution is 7.89. The summed E-state index contributed by atoms with van der Waals surface area (Å²) in [6.07, 6.45) is 0.924. The lowest BCUT2D eigenvalue weighted by Crippen LogP contribution is -2.40. The summed E-state index contributed by atoms with van der Waals surface area (Å²) in [5.41, 5.74) is 4.04. The molecular formula is C26H27N3O5S. The number of morpholine rings is 1. The molecule has 0 saturated carbocycles. The smallest absolute Gasteiger partial charge is 0.259 e. The molecule has 2 heterocycles. The number of nitrogens with zero attached hydrogens (tertiary/aromatic N) is 2. The lowest BCUT2D eigenvalue weighted by Gasteiger charge is -2.26. The van der Waals surface area contributed by atoms with Gasteiger partial charge in [-0.05, 0) is 48.4 Å². The molecule has 3 aromatic carbocycles. The van der Waals surface area contributed by atoms with E-state index in [1.807, 2.05) is 36.4 Å². The van der Waals surface area contributed by atoms with E-state index in [2.05, 4.69) is 22.3 Å². The molecule has 35 heavy (non-hydrogen) atoms. The van der Waals surface area contributed by atoms with Gasteiger partial charge in [-0.2, -0.15) is 4.31 Å². The van der Waals surface area contributed by atoms with Gasteiger partial charge in [-0.3, -0.25) is 4.79 Å². The zero-order valence-electron chi connectivity index (χ0n) is 19.4. The van der Waals surface area contributed by atoms with Crippen LogP contribution in [0.4, 0.5) is 17.1 Å². The summed E-state index contributed by atoms with van der Waals surface area (Å²) < 4.78 is 38.4. The van der Waals surface area contributed by atoms with Crippen LogP contribution in [0.5, 0.6) is 5.75 Å². The summed E-state index contributed by atoms with van der Waals surface area (Å²) in [7, 11) is -2.31. The van der Waals surface area contributed by atoms with Crippen molar-refractivity contribution >= 4 is 33.0 Å². The number of para-hydroxylation sites is 3. The van der Waals surface area contributed by atoms with Crippen LogP contribution in [0.2, 0.25) is 0 Å². The van der Waals surface area contributed by atoms with Gasteiger partial charge in [-0.1, -0.05) is 30.3 Å². The van der Waals surface area contributed by atoms with Crippen LogP contribution < -0.4 is 15.0 Å². The molecule has 182 valence electrons. The number of rotatable bonds is 6. The molecule has 0 bridgehead atoms. The average molecular weight is 494 g/mol. The van der Waals surface area contributed by atoms with Gasteiger partial charge in [0.25, 0.3) is 5.91 Å². The molecule has 5 rings (SSSR count). The topological polar surface area (TPSA) is 88.2 Å². The maximum atomic E-state index is 13.4. The Morgan fingerprint density at radius 1 is 0.943 bits per heavy atom. The lowest BCUT2D eigenvalue weighted by atomic mass is 10.1. The van der Waals surface area contributed by atoms with Crippen molar-refractivity contribution in [1.29, 1.82) is 0 Å². The number of sulfonamides is 1. The SMILES string of the molecule is COc1ccc(S(=O)(=O)N2CCOCC2)cc1C(=O)Nc1ccccc1N1CCc2ccccc21. The number of hydrogen-bond acceptors (Lipinski definition) is 6. The van der Waals surface area contributed by atoms with Gasteiger partial charge in [0.1, 0.15) is 5.75 Å². The van der Waals surface area contributed by atoms with Crippen molar-refractivity contribution in [3.63, 3.8) is 0 Å². The van der Waals surface area contributed by atoms with Gasteiger partial charge in [0.2, 0.25) is 10.0 Å². The fourth-order valence-electron chi connectivity index (χ4n) is 4.55. The second kappa shape index (κ2) is 9.69. The van der Waals surface area contributed by atoms with Crippen LogP contribution in [0.1, 0.15) is 15.9 Å². The molecule has 0 aliphatic carbocycles. The minimum atomic E-state index is -3.76. The number of hydrogen-bond donors (Lipinski definition) is 1. The van der Waals surface area contributed by atoms with Crippen molar-refractivity contribution in [2.45, 2.75) is 11.3 Å². The zero-order valence-corrected chi connectivity index (χ0v) is 20.3. The van der Waals surface area contributed by atoms with E-state index in [-0.39, 0.29) is 23.5 Å². The summed E-state index contributed by atoms with van der Waals surface area (Å²) in [4.78, 5) is 15.7. The molecule has 3 aromatic rings. The van der Waals surface area contributed by atoms with Gasteiger partial charge in [0, 0.05) is 25.3 Å². The minimum absolute atomic E-state index is 0.0482. The fraction of sp³-hybridized carbons (Fsp3) is 0.269. The van der Waals surface area contributed by atoms with Gasteiger partial charge in [0.15, 0.2) is 0 Å². The first-order valence-corrected chi connectivity index (χ1v) is 12.9. The van der Waals surface area contributed by atoms with Crippen molar-refractivity contribution < 1.29 is 22.7 Å². The summed E-state index contributed by atoms with van der Waals surface area (Å²) in [5, 5.41) is 2.98. The predicted molar refractivity (Wildman–Crippen MR) is 134 cm³/mol.